The van der Waals surface area contributed by atoms with Gasteiger partial charge in [0.25, 0.3) is 5.91 Å². The molecule has 26 heavy (non-hydrogen) atoms. The Labute approximate surface area is 159 Å². The molecule has 1 N–H and O–H groups in total. The summed E-state index contributed by atoms with van der Waals surface area (Å²) in [5, 5.41) is 3.96. The van der Waals surface area contributed by atoms with Crippen LogP contribution in [0.15, 0.2) is 30.3 Å². The van der Waals surface area contributed by atoms with Crippen molar-refractivity contribution in [2.75, 3.05) is 25.0 Å². The first kappa shape index (κ1) is 18.6. The number of piperidine rings is 1. The van der Waals surface area contributed by atoms with Gasteiger partial charge in [-0.3, -0.25) is 4.79 Å². The van der Waals surface area contributed by atoms with Gasteiger partial charge in [-0.1, -0.05) is 30.7 Å². The minimum Gasteiger partial charge on any atom is -0.354 e. The highest BCUT2D eigenvalue weighted by Crippen LogP contribution is 2.18. The smallest absolute Gasteiger partial charge is 0.272 e. The molecule has 1 aliphatic rings. The fourth-order valence-corrected chi connectivity index (χ4v) is 3.52. The van der Waals surface area contributed by atoms with Gasteiger partial charge >= 0.3 is 0 Å². The predicted octanol–water partition coefficient (Wildman–Crippen LogP) is 3.97. The molecule has 1 aromatic heterocycles. The fourth-order valence-electron chi connectivity index (χ4n) is 3.30. The fraction of sp³-hybridized carbons (Fsp3) is 0.450. The van der Waals surface area contributed by atoms with E-state index >= 15 is 0 Å². The first-order chi connectivity index (χ1) is 12.5. The van der Waals surface area contributed by atoms with Gasteiger partial charge in [-0.2, -0.15) is 0 Å². The third-order valence-electron chi connectivity index (χ3n) is 4.60. The molecule has 1 aromatic carbocycles. The van der Waals surface area contributed by atoms with Crippen molar-refractivity contribution in [2.45, 2.75) is 33.1 Å². The standard InChI is InChI=1S/C20H25ClN4O/c1-14-5-4-10-25(13-14)19(26)18-11-15(2)23-20(24-18)22-9-8-16-6-3-7-17(21)12-16/h3,6-7,11-12,14H,4-5,8-10,13H2,1-2H3,(H,22,23,24). The van der Waals surface area contributed by atoms with Crippen LogP contribution in [0.2, 0.25) is 5.02 Å². The Kier molecular flexibility index (Phi) is 6.09. The number of aromatic nitrogens is 2. The van der Waals surface area contributed by atoms with Gasteiger partial charge < -0.3 is 10.2 Å². The molecule has 6 heteroatoms. The number of nitrogens with zero attached hydrogens (tertiary/aromatic N) is 3. The molecule has 1 unspecified atom stereocenters. The van der Waals surface area contributed by atoms with Crippen LogP contribution < -0.4 is 5.32 Å². The minimum atomic E-state index is -0.0000545. The third-order valence-corrected chi connectivity index (χ3v) is 4.84. The van der Waals surface area contributed by atoms with Gasteiger partial charge in [0.1, 0.15) is 5.69 Å². The Morgan fingerprint density at radius 2 is 2.19 bits per heavy atom. The van der Waals surface area contributed by atoms with Crippen LogP contribution in [0.3, 0.4) is 0 Å². The Balaban J connectivity index is 1.64. The number of hydrogen-bond acceptors (Lipinski definition) is 4. The number of hydrogen-bond donors (Lipinski definition) is 1. The lowest BCUT2D eigenvalue weighted by atomic mass is 10.00. The van der Waals surface area contributed by atoms with E-state index in [1.807, 2.05) is 36.1 Å². The number of aryl methyl sites for hydroxylation is 1. The quantitative estimate of drug-likeness (QED) is 0.862. The summed E-state index contributed by atoms with van der Waals surface area (Å²) in [6, 6.07) is 9.56. The van der Waals surface area contributed by atoms with Crippen LogP contribution in [0.1, 0.15) is 41.5 Å². The average Bonchev–Trinajstić information content (AvgIpc) is 2.61. The number of anilines is 1. The van der Waals surface area contributed by atoms with Crippen molar-refractivity contribution in [3.63, 3.8) is 0 Å². The molecule has 1 aliphatic heterocycles. The van der Waals surface area contributed by atoms with E-state index < -0.39 is 0 Å². The molecular formula is C20H25ClN4O. The van der Waals surface area contributed by atoms with E-state index in [9.17, 15) is 4.79 Å². The van der Waals surface area contributed by atoms with Crippen LogP contribution in [0, 0.1) is 12.8 Å². The zero-order valence-electron chi connectivity index (χ0n) is 15.3. The molecule has 2 heterocycles. The molecule has 1 atom stereocenters. The zero-order valence-corrected chi connectivity index (χ0v) is 16.1. The highest BCUT2D eigenvalue weighted by Gasteiger charge is 2.23. The second-order valence-corrected chi connectivity index (χ2v) is 7.46. The van der Waals surface area contributed by atoms with Crippen LogP contribution in [-0.4, -0.2) is 40.4 Å². The summed E-state index contributed by atoms with van der Waals surface area (Å²) in [7, 11) is 0. The maximum absolute atomic E-state index is 12.8. The number of likely N-dealkylation sites (tertiary alicyclic amines) is 1. The Bertz CT molecular complexity index is 780. The maximum atomic E-state index is 12.8. The Morgan fingerprint density at radius 1 is 1.35 bits per heavy atom. The second kappa shape index (κ2) is 8.49. The van der Waals surface area contributed by atoms with E-state index in [2.05, 4.69) is 22.2 Å². The van der Waals surface area contributed by atoms with Crippen molar-refractivity contribution in [1.82, 2.24) is 14.9 Å². The van der Waals surface area contributed by atoms with Crippen LogP contribution in [0.5, 0.6) is 0 Å². The second-order valence-electron chi connectivity index (χ2n) is 7.02. The van der Waals surface area contributed by atoms with Crippen LogP contribution in [-0.2, 0) is 6.42 Å². The number of carbonyl (C=O) groups is 1. The number of benzene rings is 1. The van der Waals surface area contributed by atoms with Crippen molar-refractivity contribution >= 4 is 23.5 Å². The van der Waals surface area contributed by atoms with Gasteiger partial charge in [-0.05, 0) is 55.9 Å². The summed E-state index contributed by atoms with van der Waals surface area (Å²) >= 11 is 6.01. The summed E-state index contributed by atoms with van der Waals surface area (Å²) in [4.78, 5) is 23.5. The van der Waals surface area contributed by atoms with Gasteiger partial charge in [0, 0.05) is 30.4 Å². The Morgan fingerprint density at radius 3 is 2.96 bits per heavy atom. The van der Waals surface area contributed by atoms with Gasteiger partial charge in [0.05, 0.1) is 0 Å². The lowest BCUT2D eigenvalue weighted by molar-refractivity contribution is 0.0677. The van der Waals surface area contributed by atoms with E-state index in [-0.39, 0.29) is 5.91 Å². The number of rotatable bonds is 5. The first-order valence-electron chi connectivity index (χ1n) is 9.14. The molecule has 2 aromatic rings. The van der Waals surface area contributed by atoms with Gasteiger partial charge in [-0.25, -0.2) is 9.97 Å². The summed E-state index contributed by atoms with van der Waals surface area (Å²) in [5.74, 6) is 1.05. The molecule has 138 valence electrons. The largest absolute Gasteiger partial charge is 0.354 e. The lowest BCUT2D eigenvalue weighted by Crippen LogP contribution is -2.39. The van der Waals surface area contributed by atoms with Crippen molar-refractivity contribution in [1.29, 1.82) is 0 Å². The molecule has 3 rings (SSSR count). The van der Waals surface area contributed by atoms with E-state index in [4.69, 9.17) is 11.6 Å². The molecule has 0 aliphatic carbocycles. The lowest BCUT2D eigenvalue weighted by Gasteiger charge is -2.30. The number of nitrogens with one attached hydrogen (secondary N) is 1. The summed E-state index contributed by atoms with van der Waals surface area (Å²) in [5.41, 5.74) is 2.41. The summed E-state index contributed by atoms with van der Waals surface area (Å²) in [6.07, 6.45) is 3.05. The molecule has 5 nitrogen and oxygen atoms in total. The van der Waals surface area contributed by atoms with Crippen molar-refractivity contribution in [3.8, 4) is 0 Å². The highest BCUT2D eigenvalue weighted by molar-refractivity contribution is 6.30. The topological polar surface area (TPSA) is 58.1 Å². The van der Waals surface area contributed by atoms with Crippen molar-refractivity contribution < 1.29 is 4.79 Å². The van der Waals surface area contributed by atoms with Gasteiger partial charge in [-0.15, -0.1) is 0 Å². The van der Waals surface area contributed by atoms with Crippen molar-refractivity contribution in [2.24, 2.45) is 5.92 Å². The number of carbonyl (C=O) groups excluding carboxylic acids is 1. The monoisotopic (exact) mass is 372 g/mol. The Hall–Kier alpha value is -2.14. The SMILES string of the molecule is Cc1cc(C(=O)N2CCCC(C)C2)nc(NCCc2cccc(Cl)c2)n1. The maximum Gasteiger partial charge on any atom is 0.272 e. The zero-order chi connectivity index (χ0) is 18.5. The van der Waals surface area contributed by atoms with Gasteiger partial charge in [0.2, 0.25) is 5.95 Å². The predicted molar refractivity (Wildman–Crippen MR) is 105 cm³/mol. The number of halogens is 1. The minimum absolute atomic E-state index is 0.0000545. The van der Waals surface area contributed by atoms with E-state index in [0.717, 1.165) is 42.2 Å². The molecular weight excluding hydrogens is 348 g/mol. The molecule has 1 saturated heterocycles. The van der Waals surface area contributed by atoms with E-state index in [1.165, 1.54) is 6.42 Å². The molecule has 0 saturated carbocycles. The third kappa shape index (κ3) is 4.94. The highest BCUT2D eigenvalue weighted by atomic mass is 35.5. The molecule has 0 bridgehead atoms. The average molecular weight is 373 g/mol. The van der Waals surface area contributed by atoms with Gasteiger partial charge in [0.15, 0.2) is 0 Å². The summed E-state index contributed by atoms with van der Waals surface area (Å²) < 4.78 is 0. The normalized spacial score (nSPS) is 17.2. The van der Waals surface area contributed by atoms with E-state index in [1.54, 1.807) is 6.07 Å². The molecule has 0 spiro atoms. The molecule has 1 amide bonds. The molecule has 0 radical (unpaired) electrons. The van der Waals surface area contributed by atoms with Crippen molar-refractivity contribution in [3.05, 3.63) is 52.3 Å². The van der Waals surface area contributed by atoms with Crippen LogP contribution >= 0.6 is 11.6 Å². The first-order valence-corrected chi connectivity index (χ1v) is 9.52. The summed E-state index contributed by atoms with van der Waals surface area (Å²) in [6.45, 7) is 6.37. The number of amides is 1. The van der Waals surface area contributed by atoms with Crippen LogP contribution in [0.25, 0.3) is 0 Å². The van der Waals surface area contributed by atoms with Crippen LogP contribution in [0.4, 0.5) is 5.95 Å². The van der Waals surface area contributed by atoms with E-state index in [0.29, 0.717) is 24.1 Å². The molecule has 1 fully saturated rings.